The Morgan fingerprint density at radius 3 is 2.27 bits per heavy atom. The third kappa shape index (κ3) is 4.13. The Labute approximate surface area is 145 Å². The van der Waals surface area contributed by atoms with Gasteiger partial charge in [-0.2, -0.15) is 13.2 Å². The maximum Gasteiger partial charge on any atom is 0.417 e. The Kier molecular flexibility index (Phi) is 4.97. The summed E-state index contributed by atoms with van der Waals surface area (Å²) in [6.07, 6.45) is -3.95. The van der Waals surface area contributed by atoms with Crippen LogP contribution in [0, 0.1) is 0 Å². The number of ether oxygens (including phenoxy) is 3. The molecule has 0 aliphatic carbocycles. The molecule has 1 aromatic carbocycles. The molecule has 0 saturated carbocycles. The van der Waals surface area contributed by atoms with E-state index in [4.69, 9.17) is 9.47 Å². The highest BCUT2D eigenvalue weighted by atomic mass is 19.4. The van der Waals surface area contributed by atoms with Gasteiger partial charge in [-0.1, -0.05) is 0 Å². The van der Waals surface area contributed by atoms with Crippen LogP contribution >= 0.6 is 0 Å². The van der Waals surface area contributed by atoms with Crippen LogP contribution in [0.5, 0.6) is 0 Å². The van der Waals surface area contributed by atoms with E-state index in [0.717, 1.165) is 25.4 Å². The van der Waals surface area contributed by atoms with Crippen molar-refractivity contribution in [2.75, 3.05) is 12.4 Å². The average Bonchev–Trinajstić information content (AvgIpc) is 2.51. The molecule has 2 rings (SSSR count). The number of rotatable bonds is 3. The molecule has 1 N–H and O–H groups in total. The minimum atomic E-state index is -4.82. The number of carbonyl (C=O) groups is 3. The summed E-state index contributed by atoms with van der Waals surface area (Å²) in [5, 5.41) is 2.38. The summed E-state index contributed by atoms with van der Waals surface area (Å²) in [4.78, 5) is 35.0. The molecule has 0 unspecified atom stereocenters. The smallest absolute Gasteiger partial charge is 0.417 e. The molecule has 10 heteroatoms. The van der Waals surface area contributed by atoms with Crippen molar-refractivity contribution in [3.05, 3.63) is 41.1 Å². The van der Waals surface area contributed by atoms with Crippen LogP contribution in [0.1, 0.15) is 29.8 Å². The zero-order valence-electron chi connectivity index (χ0n) is 13.9. The fourth-order valence-corrected chi connectivity index (χ4v) is 2.09. The van der Waals surface area contributed by atoms with Gasteiger partial charge < -0.3 is 19.5 Å². The van der Waals surface area contributed by atoms with Crippen molar-refractivity contribution in [3.63, 3.8) is 0 Å². The zero-order valence-corrected chi connectivity index (χ0v) is 13.9. The number of benzene rings is 1. The Morgan fingerprint density at radius 2 is 1.77 bits per heavy atom. The van der Waals surface area contributed by atoms with Gasteiger partial charge in [0.2, 0.25) is 0 Å². The van der Waals surface area contributed by atoms with E-state index in [0.29, 0.717) is 6.07 Å². The second-order valence-electron chi connectivity index (χ2n) is 5.63. The molecule has 1 fully saturated rings. The molecule has 0 aromatic heterocycles. The van der Waals surface area contributed by atoms with Crippen LogP contribution in [-0.2, 0) is 30.0 Å². The van der Waals surface area contributed by atoms with Crippen molar-refractivity contribution in [2.24, 2.45) is 0 Å². The van der Waals surface area contributed by atoms with E-state index < -0.39 is 46.6 Å². The summed E-state index contributed by atoms with van der Waals surface area (Å²) in [5.74, 6) is -4.55. The maximum absolute atomic E-state index is 13.1. The number of hydrogen-bond donors (Lipinski definition) is 1. The van der Waals surface area contributed by atoms with Gasteiger partial charge in [-0.15, -0.1) is 0 Å². The predicted octanol–water partition coefficient (Wildman–Crippen LogP) is 2.62. The average molecular weight is 373 g/mol. The number of anilines is 1. The van der Waals surface area contributed by atoms with Crippen molar-refractivity contribution < 1.29 is 41.8 Å². The maximum atomic E-state index is 13.1. The van der Waals surface area contributed by atoms with Gasteiger partial charge in [0, 0.05) is 25.7 Å². The number of cyclic esters (lactones) is 2. The Balaban J connectivity index is 2.32. The van der Waals surface area contributed by atoms with Crippen molar-refractivity contribution in [3.8, 4) is 0 Å². The molecule has 1 heterocycles. The van der Waals surface area contributed by atoms with Gasteiger partial charge in [0.1, 0.15) is 0 Å². The number of halogens is 3. The third-order valence-electron chi connectivity index (χ3n) is 3.23. The first kappa shape index (κ1) is 19.3. The second kappa shape index (κ2) is 6.70. The summed E-state index contributed by atoms with van der Waals surface area (Å²) in [6, 6.07) is 2.71. The molecule has 0 radical (unpaired) electrons. The minimum absolute atomic E-state index is 0.122. The monoisotopic (exact) mass is 373 g/mol. The quantitative estimate of drug-likeness (QED) is 0.495. The van der Waals surface area contributed by atoms with E-state index in [1.807, 2.05) is 0 Å². The highest BCUT2D eigenvalue weighted by molar-refractivity contribution is 6.15. The molecule has 0 atom stereocenters. The number of hydrogen-bond acceptors (Lipinski definition) is 7. The van der Waals surface area contributed by atoms with Gasteiger partial charge in [-0.05, 0) is 18.2 Å². The summed E-state index contributed by atoms with van der Waals surface area (Å²) < 4.78 is 53.4. The Hall–Kier alpha value is -3.04. The minimum Gasteiger partial charge on any atom is -0.465 e. The lowest BCUT2D eigenvalue weighted by molar-refractivity contribution is -0.222. The SMILES string of the molecule is COC(=O)c1ccc(NC=C2C(=O)OC(C)(C)OC2=O)cc1C(F)(F)F. The number of carbonyl (C=O) groups excluding carboxylic acids is 3. The van der Waals surface area contributed by atoms with Gasteiger partial charge in [0.05, 0.1) is 18.2 Å². The second-order valence-corrected chi connectivity index (χ2v) is 5.63. The molecule has 1 saturated heterocycles. The van der Waals surface area contributed by atoms with Crippen LogP contribution in [-0.4, -0.2) is 30.8 Å². The summed E-state index contributed by atoms with van der Waals surface area (Å²) in [5.41, 5.74) is -2.54. The fourth-order valence-electron chi connectivity index (χ4n) is 2.09. The summed E-state index contributed by atoms with van der Waals surface area (Å²) in [6.45, 7) is 2.71. The molecule has 1 aliphatic rings. The van der Waals surface area contributed by atoms with E-state index in [2.05, 4.69) is 10.1 Å². The van der Waals surface area contributed by atoms with Crippen LogP contribution in [0.4, 0.5) is 18.9 Å². The fraction of sp³-hybridized carbons (Fsp3) is 0.312. The first-order valence-electron chi connectivity index (χ1n) is 7.17. The summed E-state index contributed by atoms with van der Waals surface area (Å²) >= 11 is 0. The van der Waals surface area contributed by atoms with Crippen LogP contribution < -0.4 is 5.32 Å². The van der Waals surface area contributed by atoms with Crippen molar-refractivity contribution in [2.45, 2.75) is 25.8 Å². The standard InChI is InChI=1S/C16H14F3NO6/c1-15(2)25-13(22)10(14(23)26-15)7-20-8-4-5-9(12(21)24-3)11(6-8)16(17,18)19/h4-7,20H,1-3H3. The van der Waals surface area contributed by atoms with E-state index >= 15 is 0 Å². The highest BCUT2D eigenvalue weighted by Crippen LogP contribution is 2.34. The first-order chi connectivity index (χ1) is 11.9. The lowest BCUT2D eigenvalue weighted by Gasteiger charge is -2.29. The van der Waals surface area contributed by atoms with Gasteiger partial charge in [0.25, 0.3) is 5.79 Å². The van der Waals surface area contributed by atoms with Crippen LogP contribution in [0.15, 0.2) is 30.0 Å². The third-order valence-corrected chi connectivity index (χ3v) is 3.23. The molecular weight excluding hydrogens is 359 g/mol. The Bertz CT molecular complexity index is 776. The lowest BCUT2D eigenvalue weighted by Crippen LogP contribution is -2.42. The normalized spacial score (nSPS) is 16.5. The molecule has 140 valence electrons. The molecule has 26 heavy (non-hydrogen) atoms. The molecular formula is C16H14F3NO6. The molecule has 0 amide bonds. The van der Waals surface area contributed by atoms with Crippen molar-refractivity contribution >= 4 is 23.6 Å². The lowest BCUT2D eigenvalue weighted by atomic mass is 10.1. The number of nitrogens with one attached hydrogen (secondary N) is 1. The van der Waals surface area contributed by atoms with Crippen LogP contribution in [0.3, 0.4) is 0 Å². The number of alkyl halides is 3. The van der Waals surface area contributed by atoms with Gasteiger partial charge >= 0.3 is 24.1 Å². The van der Waals surface area contributed by atoms with Gasteiger partial charge in [-0.3, -0.25) is 0 Å². The van der Waals surface area contributed by atoms with Gasteiger partial charge in [0.15, 0.2) is 5.57 Å². The predicted molar refractivity (Wildman–Crippen MR) is 80.8 cm³/mol. The van der Waals surface area contributed by atoms with Crippen LogP contribution in [0.25, 0.3) is 0 Å². The van der Waals surface area contributed by atoms with E-state index in [9.17, 15) is 27.6 Å². The van der Waals surface area contributed by atoms with E-state index in [1.54, 1.807) is 0 Å². The van der Waals surface area contributed by atoms with E-state index in [1.165, 1.54) is 13.8 Å². The highest BCUT2D eigenvalue weighted by Gasteiger charge is 2.39. The molecule has 1 aromatic rings. The van der Waals surface area contributed by atoms with Crippen LogP contribution in [0.2, 0.25) is 0 Å². The largest absolute Gasteiger partial charge is 0.465 e. The zero-order chi connectivity index (χ0) is 19.7. The summed E-state index contributed by atoms with van der Waals surface area (Å²) in [7, 11) is 0.959. The van der Waals surface area contributed by atoms with Crippen molar-refractivity contribution in [1.29, 1.82) is 0 Å². The number of esters is 3. The molecule has 0 bridgehead atoms. The van der Waals surface area contributed by atoms with Crippen molar-refractivity contribution in [1.82, 2.24) is 0 Å². The molecule has 7 nitrogen and oxygen atoms in total. The van der Waals surface area contributed by atoms with E-state index in [-0.39, 0.29) is 5.69 Å². The Morgan fingerprint density at radius 1 is 1.19 bits per heavy atom. The number of methoxy groups -OCH3 is 1. The first-order valence-corrected chi connectivity index (χ1v) is 7.17. The molecule has 0 spiro atoms. The molecule has 1 aliphatic heterocycles. The van der Waals surface area contributed by atoms with Gasteiger partial charge in [-0.25, -0.2) is 14.4 Å². The topological polar surface area (TPSA) is 90.9 Å².